The van der Waals surface area contributed by atoms with Crippen LogP contribution in [0.25, 0.3) is 0 Å². The molecule has 3 amide bonds. The first-order chi connectivity index (χ1) is 15.9. The highest BCUT2D eigenvalue weighted by Crippen LogP contribution is 2.24. The predicted molar refractivity (Wildman–Crippen MR) is 130 cm³/mol. The molecule has 3 rings (SSSR count). The molecular weight excluding hydrogens is 438 g/mol. The minimum absolute atomic E-state index is 0.0890. The first kappa shape index (κ1) is 23.9. The normalized spacial score (nSPS) is 10.4. The zero-order valence-corrected chi connectivity index (χ0v) is 19.2. The number of hydrogen-bond acceptors (Lipinski definition) is 5. The van der Waals surface area contributed by atoms with Crippen molar-refractivity contribution in [1.29, 1.82) is 0 Å². The zero-order chi connectivity index (χ0) is 23.8. The van der Waals surface area contributed by atoms with Crippen LogP contribution in [0.1, 0.15) is 26.3 Å². The van der Waals surface area contributed by atoms with Gasteiger partial charge in [0, 0.05) is 17.5 Å². The van der Waals surface area contributed by atoms with E-state index in [-0.39, 0.29) is 25.0 Å². The largest absolute Gasteiger partial charge is 0.488 e. The lowest BCUT2D eigenvalue weighted by atomic mass is 10.1. The average molecular weight is 464 g/mol. The standard InChI is InChI=1S/C25H25N3O4S/c1-28(15-23(29)27-20-11-4-6-13-22(20)33-2)25(31)18-9-7-8-17(14-18)16-32-21-12-5-3-10-19(21)24(26)30/h3-14H,15-16H2,1-2H3,(H2,26,30)(H,27,29). The van der Waals surface area contributed by atoms with E-state index in [1.807, 2.05) is 36.6 Å². The van der Waals surface area contributed by atoms with Crippen molar-refractivity contribution in [2.24, 2.45) is 5.73 Å². The smallest absolute Gasteiger partial charge is 0.254 e. The highest BCUT2D eigenvalue weighted by Gasteiger charge is 2.16. The lowest BCUT2D eigenvalue weighted by Crippen LogP contribution is -2.35. The minimum atomic E-state index is -0.574. The maximum Gasteiger partial charge on any atom is 0.254 e. The number of rotatable bonds is 9. The molecule has 3 aromatic rings. The van der Waals surface area contributed by atoms with Crippen molar-refractivity contribution in [2.45, 2.75) is 11.5 Å². The maximum absolute atomic E-state index is 12.9. The summed E-state index contributed by atoms with van der Waals surface area (Å²) in [6, 6.07) is 21.1. The Morgan fingerprint density at radius 2 is 1.73 bits per heavy atom. The molecule has 0 saturated carbocycles. The first-order valence-electron chi connectivity index (χ1n) is 10.2. The van der Waals surface area contributed by atoms with Gasteiger partial charge in [-0.15, -0.1) is 11.8 Å². The molecule has 33 heavy (non-hydrogen) atoms. The minimum Gasteiger partial charge on any atom is -0.488 e. The van der Waals surface area contributed by atoms with E-state index in [0.717, 1.165) is 10.5 Å². The first-order valence-corrected chi connectivity index (χ1v) is 11.4. The molecule has 3 N–H and O–H groups in total. The second-order valence-electron chi connectivity index (χ2n) is 7.26. The van der Waals surface area contributed by atoms with Gasteiger partial charge in [0.2, 0.25) is 5.91 Å². The van der Waals surface area contributed by atoms with E-state index < -0.39 is 5.91 Å². The number of nitrogens with one attached hydrogen (secondary N) is 1. The summed E-state index contributed by atoms with van der Waals surface area (Å²) in [5, 5.41) is 2.85. The Bertz CT molecular complexity index is 1170. The van der Waals surface area contributed by atoms with Crippen LogP contribution in [-0.4, -0.2) is 42.5 Å². The van der Waals surface area contributed by atoms with E-state index in [4.69, 9.17) is 10.5 Å². The van der Waals surface area contributed by atoms with Crippen molar-refractivity contribution in [1.82, 2.24) is 4.90 Å². The number of ether oxygens (including phenoxy) is 1. The Labute approximate surface area is 196 Å². The number of nitrogens with two attached hydrogens (primary N) is 1. The Hall–Kier alpha value is -3.78. The summed E-state index contributed by atoms with van der Waals surface area (Å²) in [6.07, 6.45) is 1.93. The molecule has 8 heteroatoms. The topological polar surface area (TPSA) is 102 Å². The zero-order valence-electron chi connectivity index (χ0n) is 18.4. The summed E-state index contributed by atoms with van der Waals surface area (Å²) < 4.78 is 5.74. The number of nitrogens with zero attached hydrogens (tertiary/aromatic N) is 1. The molecule has 0 aliphatic heterocycles. The van der Waals surface area contributed by atoms with Gasteiger partial charge in [0.15, 0.2) is 0 Å². The van der Waals surface area contributed by atoms with E-state index in [1.165, 1.54) is 16.7 Å². The van der Waals surface area contributed by atoms with Crippen molar-refractivity contribution in [3.63, 3.8) is 0 Å². The van der Waals surface area contributed by atoms with Crippen molar-refractivity contribution in [2.75, 3.05) is 25.2 Å². The summed E-state index contributed by atoms with van der Waals surface area (Å²) in [4.78, 5) is 39.2. The number of amides is 3. The Morgan fingerprint density at radius 1 is 1.00 bits per heavy atom. The number of likely N-dealkylation sites (N-methyl/N-ethyl adjacent to an activating group) is 1. The van der Waals surface area contributed by atoms with Crippen LogP contribution in [0.3, 0.4) is 0 Å². The molecular formula is C25H25N3O4S. The van der Waals surface area contributed by atoms with Gasteiger partial charge in [0.1, 0.15) is 12.4 Å². The van der Waals surface area contributed by atoms with Crippen LogP contribution in [0, 0.1) is 0 Å². The Balaban J connectivity index is 1.63. The molecule has 0 unspecified atom stereocenters. The van der Waals surface area contributed by atoms with E-state index >= 15 is 0 Å². The van der Waals surface area contributed by atoms with Gasteiger partial charge >= 0.3 is 0 Å². The SMILES string of the molecule is CSc1ccccc1NC(=O)CN(C)C(=O)c1cccc(COc2ccccc2C(N)=O)c1. The van der Waals surface area contributed by atoms with Gasteiger partial charge in [0.25, 0.3) is 11.8 Å². The number of anilines is 1. The Morgan fingerprint density at radius 3 is 2.48 bits per heavy atom. The van der Waals surface area contributed by atoms with Gasteiger partial charge in [-0.05, 0) is 48.2 Å². The third kappa shape index (κ3) is 6.36. The Kier molecular flexibility index (Phi) is 8.10. The number of para-hydroxylation sites is 2. The molecule has 0 heterocycles. The number of thioether (sulfide) groups is 1. The van der Waals surface area contributed by atoms with Crippen LogP contribution in [0.5, 0.6) is 5.75 Å². The van der Waals surface area contributed by atoms with Crippen LogP contribution in [0.15, 0.2) is 77.7 Å². The summed E-state index contributed by atoms with van der Waals surface area (Å²) in [7, 11) is 1.58. The molecule has 0 fully saturated rings. The molecule has 0 saturated heterocycles. The quantitative estimate of drug-likeness (QED) is 0.470. The van der Waals surface area contributed by atoms with Crippen LogP contribution < -0.4 is 15.8 Å². The van der Waals surface area contributed by atoms with Crippen molar-refractivity contribution in [3.05, 3.63) is 89.5 Å². The predicted octanol–water partition coefficient (Wildman–Crippen LogP) is 3.80. The van der Waals surface area contributed by atoms with E-state index in [2.05, 4.69) is 5.32 Å². The average Bonchev–Trinajstić information content (AvgIpc) is 2.82. The molecule has 0 spiro atoms. The van der Waals surface area contributed by atoms with E-state index in [1.54, 1.807) is 49.5 Å². The number of carbonyl (C=O) groups is 3. The summed E-state index contributed by atoms with van der Waals surface area (Å²) in [6.45, 7) is 0.0648. The van der Waals surface area contributed by atoms with Crippen LogP contribution in [0.4, 0.5) is 5.69 Å². The summed E-state index contributed by atoms with van der Waals surface area (Å²) in [5.41, 5.74) is 7.56. The van der Waals surface area contributed by atoms with Gasteiger partial charge in [-0.3, -0.25) is 14.4 Å². The highest BCUT2D eigenvalue weighted by atomic mass is 32.2. The molecule has 3 aromatic carbocycles. The second kappa shape index (κ2) is 11.2. The third-order valence-electron chi connectivity index (χ3n) is 4.83. The maximum atomic E-state index is 12.9. The van der Waals surface area contributed by atoms with Crippen molar-refractivity contribution in [3.8, 4) is 5.75 Å². The third-order valence-corrected chi connectivity index (χ3v) is 5.63. The fraction of sp³-hybridized carbons (Fsp3) is 0.160. The van der Waals surface area contributed by atoms with Gasteiger partial charge in [-0.25, -0.2) is 0 Å². The summed E-state index contributed by atoms with van der Waals surface area (Å²) >= 11 is 1.53. The van der Waals surface area contributed by atoms with Crippen LogP contribution in [0.2, 0.25) is 0 Å². The molecule has 170 valence electrons. The van der Waals surface area contributed by atoms with E-state index in [9.17, 15) is 14.4 Å². The highest BCUT2D eigenvalue weighted by molar-refractivity contribution is 7.98. The lowest BCUT2D eigenvalue weighted by molar-refractivity contribution is -0.116. The van der Waals surface area contributed by atoms with Gasteiger partial charge in [-0.1, -0.05) is 36.4 Å². The van der Waals surface area contributed by atoms with Crippen LogP contribution >= 0.6 is 11.8 Å². The second-order valence-corrected chi connectivity index (χ2v) is 8.11. The number of carbonyl (C=O) groups excluding carboxylic acids is 3. The van der Waals surface area contributed by atoms with Gasteiger partial charge in [0.05, 0.1) is 17.8 Å². The fourth-order valence-corrected chi connectivity index (χ4v) is 3.75. The van der Waals surface area contributed by atoms with Crippen molar-refractivity contribution < 1.29 is 19.1 Å². The van der Waals surface area contributed by atoms with Gasteiger partial charge < -0.3 is 20.7 Å². The lowest BCUT2D eigenvalue weighted by Gasteiger charge is -2.18. The fourth-order valence-electron chi connectivity index (χ4n) is 3.20. The number of benzene rings is 3. The molecule has 0 atom stereocenters. The monoisotopic (exact) mass is 463 g/mol. The molecule has 0 aromatic heterocycles. The molecule has 0 radical (unpaired) electrons. The van der Waals surface area contributed by atoms with Crippen LogP contribution in [-0.2, 0) is 11.4 Å². The molecule has 0 aliphatic carbocycles. The molecule has 7 nitrogen and oxygen atoms in total. The molecule has 0 aliphatic rings. The molecule has 0 bridgehead atoms. The summed E-state index contributed by atoms with van der Waals surface area (Å²) in [5.74, 6) is -0.770. The number of primary amides is 1. The number of hydrogen-bond donors (Lipinski definition) is 2. The van der Waals surface area contributed by atoms with Gasteiger partial charge in [-0.2, -0.15) is 0 Å². The van der Waals surface area contributed by atoms with Crippen molar-refractivity contribution >= 4 is 35.2 Å². The van der Waals surface area contributed by atoms with E-state index in [0.29, 0.717) is 22.6 Å².